The SMILES string of the molecule is CNC(=O)c1cc(Cl)nc(NC)c1. The van der Waals surface area contributed by atoms with Crippen molar-refractivity contribution in [3.05, 3.63) is 22.8 Å². The molecular weight excluding hydrogens is 190 g/mol. The zero-order valence-corrected chi connectivity index (χ0v) is 8.14. The van der Waals surface area contributed by atoms with Gasteiger partial charge in [0.2, 0.25) is 0 Å². The number of carbonyl (C=O) groups is 1. The van der Waals surface area contributed by atoms with Gasteiger partial charge in [-0.3, -0.25) is 4.79 Å². The van der Waals surface area contributed by atoms with E-state index in [0.717, 1.165) is 0 Å². The Hall–Kier alpha value is -1.29. The standard InChI is InChI=1S/C8H10ClN3O/c1-10-7-4-5(8(13)11-2)3-6(9)12-7/h3-4H,1-2H3,(H,10,12)(H,11,13). The van der Waals surface area contributed by atoms with Crippen LogP contribution < -0.4 is 10.6 Å². The minimum Gasteiger partial charge on any atom is -0.373 e. The van der Waals surface area contributed by atoms with Crippen molar-refractivity contribution >= 4 is 23.3 Å². The largest absolute Gasteiger partial charge is 0.373 e. The zero-order valence-electron chi connectivity index (χ0n) is 7.39. The number of rotatable bonds is 2. The number of nitrogens with zero attached hydrogens (tertiary/aromatic N) is 1. The lowest BCUT2D eigenvalue weighted by atomic mass is 10.2. The van der Waals surface area contributed by atoms with E-state index in [9.17, 15) is 4.79 Å². The van der Waals surface area contributed by atoms with Crippen LogP contribution >= 0.6 is 11.6 Å². The minimum absolute atomic E-state index is 0.180. The summed E-state index contributed by atoms with van der Waals surface area (Å²) in [5.41, 5.74) is 0.492. The van der Waals surface area contributed by atoms with Gasteiger partial charge in [-0.1, -0.05) is 11.6 Å². The van der Waals surface area contributed by atoms with Crippen LogP contribution in [0.4, 0.5) is 5.82 Å². The quantitative estimate of drug-likeness (QED) is 0.703. The first-order valence-corrected chi connectivity index (χ1v) is 4.12. The predicted molar refractivity (Wildman–Crippen MR) is 52.2 cm³/mol. The van der Waals surface area contributed by atoms with Crippen molar-refractivity contribution in [3.8, 4) is 0 Å². The van der Waals surface area contributed by atoms with E-state index in [1.807, 2.05) is 0 Å². The van der Waals surface area contributed by atoms with Crippen LogP contribution in [0.2, 0.25) is 5.15 Å². The van der Waals surface area contributed by atoms with Crippen LogP contribution in [0.1, 0.15) is 10.4 Å². The lowest BCUT2D eigenvalue weighted by Gasteiger charge is -2.03. The molecule has 0 aliphatic carbocycles. The van der Waals surface area contributed by atoms with Gasteiger partial charge in [-0.2, -0.15) is 0 Å². The second-order valence-corrected chi connectivity index (χ2v) is 2.78. The third kappa shape index (κ3) is 2.32. The average molecular weight is 200 g/mol. The Labute approximate surface area is 81.3 Å². The van der Waals surface area contributed by atoms with Gasteiger partial charge >= 0.3 is 0 Å². The second kappa shape index (κ2) is 4.09. The molecule has 2 N–H and O–H groups in total. The molecule has 0 spiro atoms. The Kier molecular flexibility index (Phi) is 3.08. The monoisotopic (exact) mass is 199 g/mol. The van der Waals surface area contributed by atoms with Crippen LogP contribution in [0.25, 0.3) is 0 Å². The summed E-state index contributed by atoms with van der Waals surface area (Å²) in [6.07, 6.45) is 0. The highest BCUT2D eigenvalue weighted by Gasteiger charge is 2.06. The number of anilines is 1. The first-order valence-electron chi connectivity index (χ1n) is 3.75. The predicted octanol–water partition coefficient (Wildman–Crippen LogP) is 1.14. The second-order valence-electron chi connectivity index (χ2n) is 2.39. The van der Waals surface area contributed by atoms with Crippen molar-refractivity contribution in [2.75, 3.05) is 19.4 Å². The molecule has 4 nitrogen and oxygen atoms in total. The molecule has 0 aliphatic rings. The average Bonchev–Trinajstić information content (AvgIpc) is 2.15. The molecular formula is C8H10ClN3O. The molecule has 0 bridgehead atoms. The lowest BCUT2D eigenvalue weighted by molar-refractivity contribution is 0.0963. The van der Waals surface area contributed by atoms with Crippen LogP contribution in [0, 0.1) is 0 Å². The van der Waals surface area contributed by atoms with Gasteiger partial charge in [0, 0.05) is 19.7 Å². The van der Waals surface area contributed by atoms with E-state index in [0.29, 0.717) is 16.5 Å². The van der Waals surface area contributed by atoms with Crippen molar-refractivity contribution in [1.29, 1.82) is 0 Å². The van der Waals surface area contributed by atoms with E-state index in [4.69, 9.17) is 11.6 Å². The number of aromatic nitrogens is 1. The zero-order chi connectivity index (χ0) is 9.84. The molecule has 13 heavy (non-hydrogen) atoms. The number of halogens is 1. The summed E-state index contributed by atoms with van der Waals surface area (Å²) in [5, 5.41) is 5.61. The van der Waals surface area contributed by atoms with Gasteiger partial charge in [0.15, 0.2) is 0 Å². The van der Waals surface area contributed by atoms with Gasteiger partial charge in [-0.05, 0) is 12.1 Å². The van der Waals surface area contributed by atoms with Crippen molar-refractivity contribution < 1.29 is 4.79 Å². The first-order chi connectivity index (χ1) is 6.17. The lowest BCUT2D eigenvalue weighted by Crippen LogP contribution is -2.18. The molecule has 0 atom stereocenters. The Morgan fingerprint density at radius 3 is 2.69 bits per heavy atom. The summed E-state index contributed by atoms with van der Waals surface area (Å²) in [4.78, 5) is 15.2. The van der Waals surface area contributed by atoms with E-state index < -0.39 is 0 Å². The van der Waals surface area contributed by atoms with E-state index >= 15 is 0 Å². The van der Waals surface area contributed by atoms with E-state index in [2.05, 4.69) is 15.6 Å². The van der Waals surface area contributed by atoms with Crippen LogP contribution in [0.3, 0.4) is 0 Å². The molecule has 0 saturated heterocycles. The Balaban J connectivity index is 3.08. The van der Waals surface area contributed by atoms with E-state index in [-0.39, 0.29) is 5.91 Å². The van der Waals surface area contributed by atoms with Crippen molar-refractivity contribution in [3.63, 3.8) is 0 Å². The Morgan fingerprint density at radius 2 is 2.15 bits per heavy atom. The van der Waals surface area contributed by atoms with Crippen molar-refractivity contribution in [2.24, 2.45) is 0 Å². The van der Waals surface area contributed by atoms with E-state index in [1.165, 1.54) is 6.07 Å². The molecule has 0 radical (unpaired) electrons. The number of hydrogen-bond acceptors (Lipinski definition) is 3. The van der Waals surface area contributed by atoms with Crippen LogP contribution in [0.5, 0.6) is 0 Å². The molecule has 70 valence electrons. The van der Waals surface area contributed by atoms with E-state index in [1.54, 1.807) is 20.2 Å². The topological polar surface area (TPSA) is 54.0 Å². The summed E-state index contributed by atoms with van der Waals surface area (Å²) in [6.45, 7) is 0. The fraction of sp³-hybridized carbons (Fsp3) is 0.250. The summed E-state index contributed by atoms with van der Waals surface area (Å²) >= 11 is 5.70. The molecule has 0 aromatic carbocycles. The molecule has 0 fully saturated rings. The van der Waals surface area contributed by atoms with Gasteiger partial charge in [0.25, 0.3) is 5.91 Å². The first kappa shape index (κ1) is 9.80. The third-order valence-electron chi connectivity index (χ3n) is 1.54. The molecule has 0 aliphatic heterocycles. The highest BCUT2D eigenvalue weighted by molar-refractivity contribution is 6.29. The third-order valence-corrected chi connectivity index (χ3v) is 1.73. The van der Waals surface area contributed by atoms with Crippen molar-refractivity contribution in [2.45, 2.75) is 0 Å². The highest BCUT2D eigenvalue weighted by atomic mass is 35.5. The summed E-state index contributed by atoms with van der Waals surface area (Å²) in [6, 6.07) is 3.14. The van der Waals surface area contributed by atoms with Crippen LogP contribution in [-0.2, 0) is 0 Å². The fourth-order valence-corrected chi connectivity index (χ4v) is 1.11. The van der Waals surface area contributed by atoms with Crippen LogP contribution in [-0.4, -0.2) is 25.0 Å². The summed E-state index contributed by atoms with van der Waals surface area (Å²) < 4.78 is 0. The summed E-state index contributed by atoms with van der Waals surface area (Å²) in [7, 11) is 3.28. The molecule has 1 heterocycles. The number of carbonyl (C=O) groups excluding carboxylic acids is 1. The number of nitrogens with one attached hydrogen (secondary N) is 2. The maximum Gasteiger partial charge on any atom is 0.251 e. The number of hydrogen-bond donors (Lipinski definition) is 2. The smallest absolute Gasteiger partial charge is 0.251 e. The Bertz CT molecular complexity index is 327. The molecule has 0 saturated carbocycles. The van der Waals surface area contributed by atoms with Gasteiger partial charge in [-0.25, -0.2) is 4.98 Å². The van der Waals surface area contributed by atoms with Crippen LogP contribution in [0.15, 0.2) is 12.1 Å². The summed E-state index contributed by atoms with van der Waals surface area (Å²) in [5.74, 6) is 0.395. The highest BCUT2D eigenvalue weighted by Crippen LogP contribution is 2.13. The maximum absolute atomic E-state index is 11.2. The van der Waals surface area contributed by atoms with Crippen molar-refractivity contribution in [1.82, 2.24) is 10.3 Å². The molecule has 0 unspecified atom stereocenters. The number of amides is 1. The normalized spacial score (nSPS) is 9.46. The molecule has 1 aromatic rings. The molecule has 1 aromatic heterocycles. The van der Waals surface area contributed by atoms with Gasteiger partial charge in [0.05, 0.1) is 0 Å². The maximum atomic E-state index is 11.2. The Morgan fingerprint density at radius 1 is 1.46 bits per heavy atom. The van der Waals surface area contributed by atoms with Gasteiger partial charge in [0.1, 0.15) is 11.0 Å². The van der Waals surface area contributed by atoms with Gasteiger partial charge in [-0.15, -0.1) is 0 Å². The molecule has 1 amide bonds. The minimum atomic E-state index is -0.180. The fourth-order valence-electron chi connectivity index (χ4n) is 0.900. The molecule has 5 heteroatoms. The van der Waals surface area contributed by atoms with Gasteiger partial charge < -0.3 is 10.6 Å². The number of pyridine rings is 1. The molecule has 1 rings (SSSR count).